The van der Waals surface area contributed by atoms with Crippen molar-refractivity contribution in [3.05, 3.63) is 46.9 Å². The summed E-state index contributed by atoms with van der Waals surface area (Å²) in [6.07, 6.45) is 4.85. The average Bonchev–Trinajstić information content (AvgIpc) is 3.35. The molecule has 0 saturated carbocycles. The highest BCUT2D eigenvalue weighted by atomic mass is 35.5. The molecule has 32 heavy (non-hydrogen) atoms. The van der Waals surface area contributed by atoms with E-state index in [1.807, 2.05) is 13.0 Å². The van der Waals surface area contributed by atoms with E-state index in [9.17, 15) is 9.90 Å². The van der Waals surface area contributed by atoms with Gasteiger partial charge in [-0.1, -0.05) is 18.5 Å². The van der Waals surface area contributed by atoms with E-state index in [1.165, 1.54) is 11.8 Å². The molecule has 10 heteroatoms. The van der Waals surface area contributed by atoms with Crippen LogP contribution in [0, 0.1) is 0 Å². The number of aryl methyl sites for hydroxylation is 1. The Kier molecular flexibility index (Phi) is 5.40. The number of fused-ring (bicyclic) bond motifs is 2. The summed E-state index contributed by atoms with van der Waals surface area (Å²) in [5.41, 5.74) is 7.92. The Hall–Kier alpha value is -2.88. The molecular formula is C22H21ClN6O2S. The zero-order chi connectivity index (χ0) is 22.4. The molecule has 0 radical (unpaired) electrons. The summed E-state index contributed by atoms with van der Waals surface area (Å²) in [5, 5.41) is 13.0. The maximum absolute atomic E-state index is 11.8. The fraction of sp³-hybridized carbons (Fsp3) is 0.273. The number of rotatable bonds is 5. The number of aromatic carboxylic acids is 1. The lowest BCUT2D eigenvalue weighted by molar-refractivity contribution is 0.0698. The molecule has 164 valence electrons. The van der Waals surface area contributed by atoms with Crippen LogP contribution in [0.25, 0.3) is 21.8 Å². The molecule has 1 aliphatic heterocycles. The van der Waals surface area contributed by atoms with Gasteiger partial charge in [-0.3, -0.25) is 4.98 Å². The fourth-order valence-corrected chi connectivity index (χ4v) is 5.28. The Labute approximate surface area is 193 Å². The van der Waals surface area contributed by atoms with Gasteiger partial charge in [-0.25, -0.2) is 14.8 Å². The van der Waals surface area contributed by atoms with Crippen LogP contribution >= 0.6 is 23.4 Å². The molecule has 1 aliphatic rings. The number of aromatic nitrogens is 4. The van der Waals surface area contributed by atoms with E-state index in [0.29, 0.717) is 27.8 Å². The number of nitrogens with zero attached hydrogens (tertiary/aromatic N) is 4. The van der Waals surface area contributed by atoms with Gasteiger partial charge in [-0.15, -0.1) is 0 Å². The summed E-state index contributed by atoms with van der Waals surface area (Å²) in [5.74, 6) is -0.243. The molecule has 4 aromatic rings. The van der Waals surface area contributed by atoms with Gasteiger partial charge in [-0.2, -0.15) is 0 Å². The van der Waals surface area contributed by atoms with Crippen LogP contribution in [0.3, 0.4) is 0 Å². The molecule has 0 unspecified atom stereocenters. The lowest BCUT2D eigenvalue weighted by Crippen LogP contribution is -2.27. The summed E-state index contributed by atoms with van der Waals surface area (Å²) in [6.45, 7) is 3.53. The highest BCUT2D eigenvalue weighted by Gasteiger charge is 2.26. The molecule has 5 rings (SSSR count). The summed E-state index contributed by atoms with van der Waals surface area (Å²) >= 11 is 7.98. The van der Waals surface area contributed by atoms with E-state index in [4.69, 9.17) is 27.3 Å². The van der Waals surface area contributed by atoms with Crippen molar-refractivity contribution >= 4 is 57.0 Å². The minimum atomic E-state index is -1.00. The number of carboxylic acid groups (broad SMARTS) is 1. The van der Waals surface area contributed by atoms with Crippen LogP contribution < -0.4 is 10.6 Å². The second-order valence-corrected chi connectivity index (χ2v) is 9.21. The zero-order valence-electron chi connectivity index (χ0n) is 17.3. The van der Waals surface area contributed by atoms with Crippen LogP contribution in [-0.4, -0.2) is 50.1 Å². The second-order valence-electron chi connectivity index (χ2n) is 7.79. The largest absolute Gasteiger partial charge is 0.478 e. The van der Waals surface area contributed by atoms with Crippen LogP contribution in [0.5, 0.6) is 0 Å². The summed E-state index contributed by atoms with van der Waals surface area (Å²) < 4.78 is 0. The van der Waals surface area contributed by atoms with E-state index in [-0.39, 0.29) is 11.6 Å². The third-order valence-electron chi connectivity index (χ3n) is 5.67. The molecule has 1 saturated heterocycles. The minimum Gasteiger partial charge on any atom is -0.478 e. The van der Waals surface area contributed by atoms with Crippen molar-refractivity contribution in [2.75, 3.05) is 18.0 Å². The number of carboxylic acids is 1. The topological polar surface area (TPSA) is 121 Å². The quantitative estimate of drug-likeness (QED) is 0.374. The summed E-state index contributed by atoms with van der Waals surface area (Å²) in [4.78, 5) is 31.6. The van der Waals surface area contributed by atoms with Crippen molar-refractivity contribution in [1.29, 1.82) is 0 Å². The van der Waals surface area contributed by atoms with Gasteiger partial charge in [0.2, 0.25) is 0 Å². The average molecular weight is 469 g/mol. The first-order chi connectivity index (χ1) is 15.4. The van der Waals surface area contributed by atoms with Gasteiger partial charge >= 0.3 is 5.97 Å². The smallest absolute Gasteiger partial charge is 0.336 e. The molecule has 1 fully saturated rings. The number of hydrogen-bond acceptors (Lipinski definition) is 7. The van der Waals surface area contributed by atoms with Gasteiger partial charge < -0.3 is 20.7 Å². The molecule has 0 amide bonds. The monoisotopic (exact) mass is 468 g/mol. The van der Waals surface area contributed by atoms with Gasteiger partial charge in [0, 0.05) is 47.5 Å². The van der Waals surface area contributed by atoms with E-state index < -0.39 is 5.97 Å². The molecule has 1 atom stereocenters. The molecule has 4 N–H and O–H groups in total. The van der Waals surface area contributed by atoms with Crippen LogP contribution in [0.2, 0.25) is 5.02 Å². The minimum absolute atomic E-state index is 0.0895. The Morgan fingerprint density at radius 3 is 2.97 bits per heavy atom. The molecule has 1 aromatic carbocycles. The number of halogens is 1. The molecule has 0 spiro atoms. The molecule has 0 aliphatic carbocycles. The predicted molar refractivity (Wildman–Crippen MR) is 126 cm³/mol. The van der Waals surface area contributed by atoms with Gasteiger partial charge in [0.1, 0.15) is 11.5 Å². The first-order valence-electron chi connectivity index (χ1n) is 10.3. The standard InChI is InChI=1S/C22H21ClN6O2S/c1-2-16-18(23)17-19(26-16)27-22(28-20(17)29-6-4-12(24)10-29)32-13-7-11-3-5-25-9-15(11)14(8-13)21(30)31/h3,5,7-9,12H,2,4,6,10,24H2,1H3,(H,30,31)(H,26,27,28)/t12-/m1/s1. The first-order valence-corrected chi connectivity index (χ1v) is 11.5. The summed E-state index contributed by atoms with van der Waals surface area (Å²) in [6, 6.07) is 5.44. The molecule has 4 heterocycles. The predicted octanol–water partition coefficient (Wildman–Crippen LogP) is 4.11. The normalized spacial score (nSPS) is 16.3. The fourth-order valence-electron chi connectivity index (χ4n) is 4.08. The van der Waals surface area contributed by atoms with Crippen molar-refractivity contribution in [1.82, 2.24) is 19.9 Å². The number of hydrogen-bond donors (Lipinski definition) is 3. The van der Waals surface area contributed by atoms with Crippen LogP contribution in [0.4, 0.5) is 5.82 Å². The number of pyridine rings is 1. The van der Waals surface area contributed by atoms with E-state index in [0.717, 1.165) is 46.6 Å². The van der Waals surface area contributed by atoms with Crippen molar-refractivity contribution in [3.8, 4) is 0 Å². The number of anilines is 1. The number of nitrogens with one attached hydrogen (secondary N) is 1. The van der Waals surface area contributed by atoms with Crippen LogP contribution in [0.1, 0.15) is 29.4 Å². The van der Waals surface area contributed by atoms with Crippen LogP contribution in [0.15, 0.2) is 40.6 Å². The first kappa shape index (κ1) is 21.0. The maximum Gasteiger partial charge on any atom is 0.336 e. The highest BCUT2D eigenvalue weighted by molar-refractivity contribution is 7.99. The van der Waals surface area contributed by atoms with Crippen molar-refractivity contribution in [2.24, 2.45) is 5.73 Å². The summed E-state index contributed by atoms with van der Waals surface area (Å²) in [7, 11) is 0. The number of nitrogens with two attached hydrogens (primary N) is 1. The Balaban J connectivity index is 1.63. The Bertz CT molecular complexity index is 1360. The highest BCUT2D eigenvalue weighted by Crippen LogP contribution is 2.38. The zero-order valence-corrected chi connectivity index (χ0v) is 18.9. The van der Waals surface area contributed by atoms with Gasteiger partial charge in [0.05, 0.1) is 16.0 Å². The number of H-pyrrole nitrogens is 1. The number of carbonyl (C=O) groups is 1. The third kappa shape index (κ3) is 3.66. The van der Waals surface area contributed by atoms with Crippen molar-refractivity contribution < 1.29 is 9.90 Å². The van der Waals surface area contributed by atoms with Gasteiger partial charge in [0.15, 0.2) is 5.16 Å². The Morgan fingerprint density at radius 1 is 1.41 bits per heavy atom. The molecule has 8 nitrogen and oxygen atoms in total. The van der Waals surface area contributed by atoms with E-state index >= 15 is 0 Å². The number of benzene rings is 1. The van der Waals surface area contributed by atoms with E-state index in [1.54, 1.807) is 24.5 Å². The van der Waals surface area contributed by atoms with Crippen molar-refractivity contribution in [2.45, 2.75) is 35.9 Å². The Morgan fingerprint density at radius 2 is 2.25 bits per heavy atom. The molecule has 0 bridgehead atoms. The lowest BCUT2D eigenvalue weighted by Gasteiger charge is -2.18. The van der Waals surface area contributed by atoms with Gasteiger partial charge in [0.25, 0.3) is 0 Å². The SMILES string of the molecule is CCc1[nH]c2nc(Sc3cc(C(=O)O)c4cnccc4c3)nc(N3CC[C@@H](N)C3)c2c1Cl. The van der Waals surface area contributed by atoms with E-state index in [2.05, 4.69) is 14.9 Å². The second kappa shape index (κ2) is 8.23. The molecule has 3 aromatic heterocycles. The lowest BCUT2D eigenvalue weighted by atomic mass is 10.1. The van der Waals surface area contributed by atoms with Crippen molar-refractivity contribution in [3.63, 3.8) is 0 Å². The number of aromatic amines is 1. The van der Waals surface area contributed by atoms with Crippen LogP contribution in [-0.2, 0) is 6.42 Å². The maximum atomic E-state index is 11.8. The molecular weight excluding hydrogens is 448 g/mol. The third-order valence-corrected chi connectivity index (χ3v) is 6.92. The van der Waals surface area contributed by atoms with Gasteiger partial charge in [-0.05, 0) is 48.2 Å².